The van der Waals surface area contributed by atoms with Gasteiger partial charge in [0.25, 0.3) is 0 Å². The summed E-state index contributed by atoms with van der Waals surface area (Å²) in [5.41, 5.74) is 4.15. The maximum atomic E-state index is 10.7. The molecule has 0 aromatic heterocycles. The monoisotopic (exact) mass is 411 g/mol. The fourth-order valence-corrected chi connectivity index (χ4v) is 4.21. The van der Waals surface area contributed by atoms with Gasteiger partial charge in [-0.1, -0.05) is 48.5 Å². The van der Waals surface area contributed by atoms with Crippen LogP contribution in [0.25, 0.3) is 0 Å². The van der Waals surface area contributed by atoms with E-state index in [-0.39, 0.29) is 11.7 Å². The van der Waals surface area contributed by atoms with Crippen LogP contribution in [0.15, 0.2) is 60.7 Å². The predicted molar refractivity (Wildman–Crippen MR) is 106 cm³/mol. The van der Waals surface area contributed by atoms with Crippen LogP contribution in [0.5, 0.6) is 0 Å². The number of benzene rings is 2. The van der Waals surface area contributed by atoms with Crippen molar-refractivity contribution in [2.24, 2.45) is 0 Å². The summed E-state index contributed by atoms with van der Waals surface area (Å²) in [7, 11) is 2.10. The Morgan fingerprint density at radius 1 is 1.10 bits per heavy atom. The minimum absolute atomic E-state index is 0.239. The molecule has 0 saturated heterocycles. The number of carbonyl (C=O) groups excluding carboxylic acids is 1. The number of nitrogens with two attached hydrogens (primary N) is 1. The average molecular weight is 411 g/mol. The molecular weight excluding hydrogens is 386 g/mol. The van der Waals surface area contributed by atoms with Crippen molar-refractivity contribution >= 4 is 11.9 Å². The van der Waals surface area contributed by atoms with E-state index in [1.165, 1.54) is 5.56 Å². The fourth-order valence-electron chi connectivity index (χ4n) is 4.21. The van der Waals surface area contributed by atoms with E-state index in [0.717, 1.165) is 36.1 Å². The van der Waals surface area contributed by atoms with Gasteiger partial charge in [0, 0.05) is 6.08 Å². The van der Waals surface area contributed by atoms with Crippen molar-refractivity contribution in [3.8, 4) is 0 Å². The zero-order chi connectivity index (χ0) is 21.7. The summed E-state index contributed by atoms with van der Waals surface area (Å²) in [5.74, 6) is -2.80. The number of ether oxygens (including phenoxy) is 1. The van der Waals surface area contributed by atoms with E-state index < -0.39 is 18.0 Å². The molecule has 2 aliphatic rings. The van der Waals surface area contributed by atoms with Crippen LogP contribution >= 0.6 is 0 Å². The van der Waals surface area contributed by atoms with Gasteiger partial charge in [0.1, 0.15) is 17.8 Å². The van der Waals surface area contributed by atoms with Crippen molar-refractivity contribution in [1.29, 1.82) is 0 Å². The molecule has 0 saturated carbocycles. The Labute approximate surface area is 174 Å². The van der Waals surface area contributed by atoms with Crippen LogP contribution in [0.4, 0.5) is 0 Å². The van der Waals surface area contributed by atoms with Gasteiger partial charge in [0.05, 0.1) is 19.6 Å². The number of aliphatic hydroxyl groups is 1. The van der Waals surface area contributed by atoms with E-state index in [4.69, 9.17) is 9.84 Å². The van der Waals surface area contributed by atoms with Crippen LogP contribution in [-0.2, 0) is 19.9 Å². The van der Waals surface area contributed by atoms with Crippen molar-refractivity contribution in [2.75, 3.05) is 13.6 Å². The van der Waals surface area contributed by atoms with Gasteiger partial charge in [-0.2, -0.15) is 0 Å². The summed E-state index contributed by atoms with van der Waals surface area (Å²) in [6.45, 7) is 1.09. The largest absolute Gasteiger partial charge is 0.545 e. The molecule has 4 rings (SSSR count). The second-order valence-corrected chi connectivity index (χ2v) is 7.28. The van der Waals surface area contributed by atoms with Crippen LogP contribution in [0, 0.1) is 0 Å². The highest BCUT2D eigenvalue weighted by atomic mass is 16.5. The molecule has 0 radical (unpaired) electrons. The summed E-state index contributed by atoms with van der Waals surface area (Å²) in [4.78, 5) is 19.0. The van der Waals surface area contributed by atoms with Gasteiger partial charge in [0.2, 0.25) is 0 Å². The fraction of sp³-hybridized carbons (Fsp3) is 0.304. The van der Waals surface area contributed by atoms with Crippen LogP contribution in [0.2, 0.25) is 0 Å². The van der Waals surface area contributed by atoms with Gasteiger partial charge in [-0.05, 0) is 41.2 Å². The second kappa shape index (κ2) is 9.21. The number of aliphatic carboxylic acids is 2. The van der Waals surface area contributed by atoms with Crippen molar-refractivity contribution in [1.82, 2.24) is 0 Å². The van der Waals surface area contributed by atoms with Gasteiger partial charge in [-0.15, -0.1) is 0 Å². The lowest BCUT2D eigenvalue weighted by atomic mass is 9.80. The van der Waals surface area contributed by atoms with Crippen LogP contribution in [-0.4, -0.2) is 35.7 Å². The number of quaternary nitrogens is 1. The minimum Gasteiger partial charge on any atom is -0.545 e. The highest BCUT2D eigenvalue weighted by Crippen LogP contribution is 2.58. The van der Waals surface area contributed by atoms with Gasteiger partial charge in [0.15, 0.2) is 0 Å². The first-order valence-electron chi connectivity index (χ1n) is 9.85. The van der Waals surface area contributed by atoms with E-state index >= 15 is 0 Å². The SMILES string of the molecule is C[NH2+]CCC[C@]12O[C@H](c3ccccc31)[C@H](O)c1ccccc12.O=C([O-])/C=C\C(=O)O. The summed E-state index contributed by atoms with van der Waals surface area (Å²) in [6.07, 6.45) is 2.16. The first-order chi connectivity index (χ1) is 14.4. The molecule has 4 N–H and O–H groups in total. The van der Waals surface area contributed by atoms with Crippen molar-refractivity contribution in [2.45, 2.75) is 30.7 Å². The zero-order valence-electron chi connectivity index (χ0n) is 16.7. The zero-order valence-corrected chi connectivity index (χ0v) is 16.7. The van der Waals surface area contributed by atoms with Crippen molar-refractivity contribution in [3.05, 3.63) is 82.9 Å². The lowest BCUT2D eigenvalue weighted by Gasteiger charge is -2.38. The quantitative estimate of drug-likeness (QED) is 0.467. The van der Waals surface area contributed by atoms with E-state index in [2.05, 4.69) is 36.6 Å². The lowest BCUT2D eigenvalue weighted by Crippen LogP contribution is -2.79. The van der Waals surface area contributed by atoms with Gasteiger partial charge in [-0.3, -0.25) is 0 Å². The number of hydrogen-bond donors (Lipinski definition) is 3. The standard InChI is InChI=1S/C19H21NO2.C4H4O4/c1-20-12-6-11-19-15-9-4-2-7-13(15)17(21)18(22-19)14-8-3-5-10-16(14)19;5-3(6)1-2-4(7)8/h2-5,7-10,17-18,20-21H,6,11-12H2,1H3;1-2H,(H,5,6)(H,7,8)/b;2-1-/t17-,18-,19-;/m1./s1. The molecule has 30 heavy (non-hydrogen) atoms. The third-order valence-corrected chi connectivity index (χ3v) is 5.42. The summed E-state index contributed by atoms with van der Waals surface area (Å²) < 4.78 is 6.48. The average Bonchev–Trinajstić information content (AvgIpc) is 3.04. The molecule has 2 aliphatic heterocycles. The van der Waals surface area contributed by atoms with Crippen molar-refractivity contribution in [3.63, 3.8) is 0 Å². The molecule has 0 unspecified atom stereocenters. The molecule has 158 valence electrons. The van der Waals surface area contributed by atoms with Crippen molar-refractivity contribution < 1.29 is 35.0 Å². The molecule has 0 amide bonds. The first-order valence-corrected chi connectivity index (χ1v) is 9.85. The number of carbonyl (C=O) groups is 2. The van der Waals surface area contributed by atoms with E-state index in [1.54, 1.807) is 0 Å². The topological polar surface area (TPSA) is 124 Å². The highest BCUT2D eigenvalue weighted by molar-refractivity contribution is 5.88. The highest BCUT2D eigenvalue weighted by Gasteiger charge is 2.53. The van der Waals surface area contributed by atoms with E-state index in [1.807, 2.05) is 24.3 Å². The molecule has 2 bridgehead atoms. The van der Waals surface area contributed by atoms with Crippen LogP contribution in [0.3, 0.4) is 0 Å². The molecule has 2 aromatic carbocycles. The number of carboxylic acid groups (broad SMARTS) is 2. The molecule has 0 spiro atoms. The second-order valence-electron chi connectivity index (χ2n) is 7.28. The Kier molecular flexibility index (Phi) is 6.66. The summed E-state index contributed by atoms with van der Waals surface area (Å²) in [5, 5.41) is 30.2. The maximum absolute atomic E-state index is 10.7. The van der Waals surface area contributed by atoms with Gasteiger partial charge < -0.3 is 30.2 Å². The summed E-state index contributed by atoms with van der Waals surface area (Å²) in [6, 6.07) is 16.6. The maximum Gasteiger partial charge on any atom is 0.328 e. The summed E-state index contributed by atoms with van der Waals surface area (Å²) >= 11 is 0. The van der Waals surface area contributed by atoms with Gasteiger partial charge in [-0.25, -0.2) is 4.79 Å². The molecule has 7 heteroatoms. The Morgan fingerprint density at radius 3 is 2.27 bits per heavy atom. The smallest absolute Gasteiger partial charge is 0.328 e. The van der Waals surface area contributed by atoms with Crippen LogP contribution < -0.4 is 10.4 Å². The number of carboxylic acids is 2. The Balaban J connectivity index is 0.000000275. The predicted octanol–water partition coefficient (Wildman–Crippen LogP) is 0.399. The molecule has 0 fully saturated rings. The minimum atomic E-state index is -1.51. The molecule has 2 aromatic rings. The first kappa shape index (κ1) is 21.7. The molecule has 0 aliphatic carbocycles. The number of fused-ring (bicyclic) bond motifs is 7. The Morgan fingerprint density at radius 2 is 1.70 bits per heavy atom. The van der Waals surface area contributed by atoms with Crippen LogP contribution in [0.1, 0.15) is 47.3 Å². The number of rotatable bonds is 6. The van der Waals surface area contributed by atoms with Gasteiger partial charge >= 0.3 is 5.97 Å². The third-order valence-electron chi connectivity index (χ3n) is 5.42. The number of aliphatic hydroxyl groups excluding tert-OH is 1. The molecule has 7 nitrogen and oxygen atoms in total. The normalized spacial score (nSPS) is 23.3. The van der Waals surface area contributed by atoms with E-state index in [9.17, 15) is 19.8 Å². The molecule has 3 atom stereocenters. The number of hydrogen-bond acceptors (Lipinski definition) is 5. The Hall–Kier alpha value is -3.00. The lowest BCUT2D eigenvalue weighted by molar-refractivity contribution is -0.627. The third kappa shape index (κ3) is 4.14. The molecular formula is C23H25NO6. The molecule has 2 heterocycles. The Bertz CT molecular complexity index is 940. The van der Waals surface area contributed by atoms with E-state index in [0.29, 0.717) is 12.2 Å².